The van der Waals surface area contributed by atoms with Crippen molar-refractivity contribution < 1.29 is 19.1 Å². The summed E-state index contributed by atoms with van der Waals surface area (Å²) in [5, 5.41) is 2.94. The van der Waals surface area contributed by atoms with Crippen LogP contribution in [0.15, 0.2) is 79.0 Å². The van der Waals surface area contributed by atoms with Gasteiger partial charge in [-0.1, -0.05) is 48.5 Å². The molecule has 4 aromatic rings. The molecule has 1 heterocycles. The Bertz CT molecular complexity index is 1470. The molecule has 0 saturated heterocycles. The van der Waals surface area contributed by atoms with Crippen LogP contribution < -0.4 is 14.8 Å². The molecule has 9 nitrogen and oxygen atoms in total. The number of methoxy groups -OCH3 is 2. The van der Waals surface area contributed by atoms with E-state index in [1.807, 2.05) is 92.8 Å². The molecule has 0 aliphatic carbocycles. The summed E-state index contributed by atoms with van der Waals surface area (Å²) < 4.78 is 12.7. The van der Waals surface area contributed by atoms with Crippen molar-refractivity contribution in [3.63, 3.8) is 0 Å². The number of aryl methyl sites for hydroxylation is 1. The third-order valence-electron chi connectivity index (χ3n) is 6.49. The molecule has 0 atom stereocenters. The lowest BCUT2D eigenvalue weighted by atomic mass is 10.1. The minimum Gasteiger partial charge on any atom is -0.493 e. The fourth-order valence-electron chi connectivity index (χ4n) is 4.28. The number of anilines is 1. The first kappa shape index (κ1) is 28.4. The quantitative estimate of drug-likeness (QED) is 0.301. The minimum absolute atomic E-state index is 0.125. The number of likely N-dealkylation sites (N-methyl/N-ethyl adjacent to an activating group) is 1. The highest BCUT2D eigenvalue weighted by molar-refractivity contribution is 6.00. The van der Waals surface area contributed by atoms with Crippen molar-refractivity contribution in [1.82, 2.24) is 19.4 Å². The minimum atomic E-state index is -0.354. The number of rotatable bonds is 11. The van der Waals surface area contributed by atoms with E-state index in [4.69, 9.17) is 14.5 Å². The second kappa shape index (κ2) is 12.9. The maximum absolute atomic E-state index is 13.5. The predicted molar refractivity (Wildman–Crippen MR) is 156 cm³/mol. The molecule has 208 valence electrons. The Balaban J connectivity index is 1.65. The van der Waals surface area contributed by atoms with Crippen molar-refractivity contribution in [3.05, 3.63) is 90.1 Å². The second-order valence-corrected chi connectivity index (χ2v) is 9.62. The third kappa shape index (κ3) is 6.68. The molecule has 2 amide bonds. The smallest absolute Gasteiger partial charge is 0.254 e. The molecule has 40 heavy (non-hydrogen) atoms. The summed E-state index contributed by atoms with van der Waals surface area (Å²) >= 11 is 0. The van der Waals surface area contributed by atoms with E-state index in [0.29, 0.717) is 41.8 Å². The van der Waals surface area contributed by atoms with Crippen LogP contribution >= 0.6 is 0 Å². The summed E-state index contributed by atoms with van der Waals surface area (Å²) in [5.74, 6) is 0.917. The Morgan fingerprint density at radius 2 is 1.60 bits per heavy atom. The van der Waals surface area contributed by atoms with Crippen LogP contribution in [0.1, 0.15) is 15.9 Å². The van der Waals surface area contributed by atoms with Crippen LogP contribution in [0.4, 0.5) is 5.95 Å². The first-order valence-corrected chi connectivity index (χ1v) is 13.0. The van der Waals surface area contributed by atoms with E-state index >= 15 is 0 Å². The van der Waals surface area contributed by atoms with Crippen molar-refractivity contribution in [2.24, 2.45) is 0 Å². The highest BCUT2D eigenvalue weighted by Crippen LogP contribution is 2.31. The molecule has 0 unspecified atom stereocenters. The van der Waals surface area contributed by atoms with Crippen LogP contribution in [0.2, 0.25) is 0 Å². The summed E-state index contributed by atoms with van der Waals surface area (Å²) in [5.41, 5.74) is 3.75. The highest BCUT2D eigenvalue weighted by Gasteiger charge is 2.22. The number of carbonyl (C=O) groups is 2. The Labute approximate surface area is 235 Å². The van der Waals surface area contributed by atoms with Gasteiger partial charge in [0.25, 0.3) is 5.91 Å². The first-order valence-electron chi connectivity index (χ1n) is 13.0. The van der Waals surface area contributed by atoms with Gasteiger partial charge in [0.1, 0.15) is 6.54 Å². The van der Waals surface area contributed by atoms with Crippen LogP contribution in [0, 0.1) is 6.92 Å². The van der Waals surface area contributed by atoms with Gasteiger partial charge in [-0.05, 0) is 44.8 Å². The topological polar surface area (TPSA) is 88.9 Å². The van der Waals surface area contributed by atoms with Gasteiger partial charge in [0.2, 0.25) is 11.9 Å². The molecule has 0 radical (unpaired) electrons. The fourth-order valence-corrected chi connectivity index (χ4v) is 4.28. The normalized spacial score (nSPS) is 10.8. The maximum Gasteiger partial charge on any atom is 0.254 e. The Morgan fingerprint density at radius 3 is 2.27 bits per heavy atom. The zero-order valence-corrected chi connectivity index (χ0v) is 23.5. The number of carbonyl (C=O) groups excluding carboxylic acids is 2. The molecule has 0 saturated carbocycles. The van der Waals surface area contributed by atoms with E-state index in [2.05, 4.69) is 5.32 Å². The molecule has 3 aromatic carbocycles. The monoisotopic (exact) mass is 541 g/mol. The van der Waals surface area contributed by atoms with Gasteiger partial charge in [-0.15, -0.1) is 0 Å². The van der Waals surface area contributed by atoms with Gasteiger partial charge in [0.15, 0.2) is 11.5 Å². The molecule has 1 aromatic heterocycles. The number of amides is 2. The molecule has 0 spiro atoms. The van der Waals surface area contributed by atoms with Crippen LogP contribution in [-0.2, 0) is 4.79 Å². The fraction of sp³-hybridized carbons (Fsp3) is 0.258. The average Bonchev–Trinajstić information content (AvgIpc) is 3.38. The van der Waals surface area contributed by atoms with E-state index in [1.54, 1.807) is 35.8 Å². The van der Waals surface area contributed by atoms with Crippen molar-refractivity contribution in [2.45, 2.75) is 6.92 Å². The van der Waals surface area contributed by atoms with E-state index in [-0.39, 0.29) is 18.4 Å². The molecule has 0 aliphatic heterocycles. The number of hydrogen-bond donors (Lipinski definition) is 1. The van der Waals surface area contributed by atoms with Crippen molar-refractivity contribution >= 4 is 17.8 Å². The second-order valence-electron chi connectivity index (χ2n) is 9.62. The van der Waals surface area contributed by atoms with Gasteiger partial charge < -0.3 is 19.3 Å². The molecule has 0 bridgehead atoms. The lowest BCUT2D eigenvalue weighted by Gasteiger charge is -2.24. The van der Waals surface area contributed by atoms with Crippen LogP contribution in [0.3, 0.4) is 0 Å². The number of benzene rings is 3. The SMILES string of the molecule is COc1ccc(-n2cc(-c3ccccc3)nc2NC(=O)CN(CCN(C)C)C(=O)c2ccccc2C)cc1OC. The molecule has 9 heteroatoms. The Kier molecular flexibility index (Phi) is 9.19. The van der Waals surface area contributed by atoms with Gasteiger partial charge >= 0.3 is 0 Å². The number of hydrogen-bond acceptors (Lipinski definition) is 6. The number of nitrogens with one attached hydrogen (secondary N) is 1. The van der Waals surface area contributed by atoms with E-state index in [1.165, 1.54) is 0 Å². The Hall–Kier alpha value is -4.63. The molecular formula is C31H35N5O4. The van der Waals surface area contributed by atoms with E-state index in [9.17, 15) is 9.59 Å². The predicted octanol–water partition coefficient (Wildman–Crippen LogP) is 4.51. The molecular weight excluding hydrogens is 506 g/mol. The summed E-state index contributed by atoms with van der Waals surface area (Å²) in [6.45, 7) is 2.78. The number of imidazole rings is 1. The van der Waals surface area contributed by atoms with Crippen molar-refractivity contribution in [3.8, 4) is 28.4 Å². The zero-order valence-electron chi connectivity index (χ0n) is 23.5. The van der Waals surface area contributed by atoms with Crippen LogP contribution in [-0.4, -0.2) is 79.1 Å². The van der Waals surface area contributed by atoms with Crippen molar-refractivity contribution in [1.29, 1.82) is 0 Å². The summed E-state index contributed by atoms with van der Waals surface area (Å²) in [6, 6.07) is 22.6. The zero-order chi connectivity index (χ0) is 28.6. The maximum atomic E-state index is 13.5. The molecule has 1 N–H and O–H groups in total. The van der Waals surface area contributed by atoms with Crippen LogP contribution in [0.5, 0.6) is 11.5 Å². The van der Waals surface area contributed by atoms with Crippen molar-refractivity contribution in [2.75, 3.05) is 53.3 Å². The van der Waals surface area contributed by atoms with Gasteiger partial charge in [-0.2, -0.15) is 0 Å². The third-order valence-corrected chi connectivity index (χ3v) is 6.49. The molecule has 4 rings (SSSR count). The average molecular weight is 542 g/mol. The Morgan fingerprint density at radius 1 is 0.900 bits per heavy atom. The van der Waals surface area contributed by atoms with Gasteiger partial charge in [-0.3, -0.25) is 19.5 Å². The first-order chi connectivity index (χ1) is 19.3. The van der Waals surface area contributed by atoms with Gasteiger partial charge in [0, 0.05) is 36.5 Å². The summed E-state index contributed by atoms with van der Waals surface area (Å²) in [7, 11) is 7.01. The lowest BCUT2D eigenvalue weighted by Crippen LogP contribution is -2.42. The van der Waals surface area contributed by atoms with Gasteiger partial charge in [-0.25, -0.2) is 4.98 Å². The van der Waals surface area contributed by atoms with Crippen LogP contribution in [0.25, 0.3) is 16.9 Å². The largest absolute Gasteiger partial charge is 0.493 e. The number of aromatic nitrogens is 2. The van der Waals surface area contributed by atoms with Gasteiger partial charge in [0.05, 0.1) is 25.6 Å². The standard InChI is InChI=1S/C31H35N5O4/c1-22-11-9-10-14-25(22)30(38)35(18-17-34(2)3)21-29(37)33-31-32-26(23-12-7-6-8-13-23)20-36(31)24-15-16-27(39-4)28(19-24)40-5/h6-16,19-20H,17-18,21H2,1-5H3,(H,32,33,37). The molecule has 0 fully saturated rings. The van der Waals surface area contributed by atoms with E-state index in [0.717, 1.165) is 16.8 Å². The number of nitrogens with zero attached hydrogens (tertiary/aromatic N) is 4. The highest BCUT2D eigenvalue weighted by atomic mass is 16.5. The lowest BCUT2D eigenvalue weighted by molar-refractivity contribution is -0.117. The molecule has 0 aliphatic rings. The summed E-state index contributed by atoms with van der Waals surface area (Å²) in [6.07, 6.45) is 1.86. The van der Waals surface area contributed by atoms with E-state index < -0.39 is 0 Å². The number of ether oxygens (including phenoxy) is 2. The summed E-state index contributed by atoms with van der Waals surface area (Å²) in [4.78, 5) is 35.2.